The van der Waals surface area contributed by atoms with Gasteiger partial charge in [0.2, 0.25) is 0 Å². The van der Waals surface area contributed by atoms with E-state index < -0.39 is 0 Å². The molecule has 1 aliphatic rings. The third-order valence-electron chi connectivity index (χ3n) is 3.22. The summed E-state index contributed by atoms with van der Waals surface area (Å²) in [6.45, 7) is 9.08. The minimum Gasteiger partial charge on any atom is -0.293 e. The maximum absolute atomic E-state index is 4.80. The molecule has 0 aromatic carbocycles. The summed E-state index contributed by atoms with van der Waals surface area (Å²) in [6.07, 6.45) is 15.8. The predicted octanol–water partition coefficient (Wildman–Crippen LogP) is 4.79. The summed E-state index contributed by atoms with van der Waals surface area (Å²) in [7, 11) is 0. The maximum Gasteiger partial charge on any atom is 0.0578 e. The molecule has 1 heteroatoms. The van der Waals surface area contributed by atoms with Crippen LogP contribution in [0.4, 0.5) is 0 Å². The van der Waals surface area contributed by atoms with Gasteiger partial charge in [0.15, 0.2) is 0 Å². The van der Waals surface area contributed by atoms with Crippen LogP contribution in [0.1, 0.15) is 53.4 Å². The van der Waals surface area contributed by atoms with E-state index >= 15 is 0 Å². The zero-order valence-corrected chi connectivity index (χ0v) is 11.8. The summed E-state index contributed by atoms with van der Waals surface area (Å²) in [5.74, 6) is 0.555. The van der Waals surface area contributed by atoms with Crippen molar-refractivity contribution in [1.29, 1.82) is 0 Å². The van der Waals surface area contributed by atoms with Crippen LogP contribution in [0.5, 0.6) is 0 Å². The first-order valence-electron chi connectivity index (χ1n) is 6.83. The van der Waals surface area contributed by atoms with Gasteiger partial charge in [-0.2, -0.15) is 0 Å². The van der Waals surface area contributed by atoms with Crippen molar-refractivity contribution in [3.63, 3.8) is 0 Å². The summed E-state index contributed by atoms with van der Waals surface area (Å²) in [5.41, 5.74) is 0.251. The number of aliphatic imine (C=N–C) groups is 1. The normalized spacial score (nSPS) is 27.5. The molecule has 0 saturated heterocycles. The third kappa shape index (κ3) is 5.86. The van der Waals surface area contributed by atoms with Gasteiger partial charge in [0.05, 0.1) is 6.04 Å². The van der Waals surface area contributed by atoms with E-state index in [1.54, 1.807) is 0 Å². The summed E-state index contributed by atoms with van der Waals surface area (Å²) in [4.78, 5) is 4.80. The second kappa shape index (κ2) is 6.78. The summed E-state index contributed by atoms with van der Waals surface area (Å²) in [5, 5.41) is 0. The molecule has 1 aliphatic heterocycles. The minimum absolute atomic E-state index is 0.251. The van der Waals surface area contributed by atoms with Crippen LogP contribution < -0.4 is 0 Å². The fourth-order valence-corrected chi connectivity index (χ4v) is 1.91. The molecule has 1 heterocycles. The van der Waals surface area contributed by atoms with Gasteiger partial charge in [-0.15, -0.1) is 0 Å². The van der Waals surface area contributed by atoms with Gasteiger partial charge < -0.3 is 0 Å². The van der Waals surface area contributed by atoms with Gasteiger partial charge in [0.25, 0.3) is 0 Å². The van der Waals surface area contributed by atoms with E-state index in [1.807, 2.05) is 0 Å². The van der Waals surface area contributed by atoms with E-state index in [2.05, 4.69) is 58.2 Å². The number of nitrogens with zero attached hydrogens (tertiary/aromatic N) is 1. The minimum atomic E-state index is 0.251. The molecule has 0 aromatic heterocycles. The molecule has 0 amide bonds. The van der Waals surface area contributed by atoms with Crippen molar-refractivity contribution >= 4 is 6.21 Å². The van der Waals surface area contributed by atoms with Crippen LogP contribution in [0, 0.1) is 11.3 Å². The molecule has 2 unspecified atom stereocenters. The van der Waals surface area contributed by atoms with Crippen LogP contribution in [0.25, 0.3) is 0 Å². The Morgan fingerprint density at radius 3 is 2.12 bits per heavy atom. The largest absolute Gasteiger partial charge is 0.293 e. The van der Waals surface area contributed by atoms with Crippen molar-refractivity contribution in [3.05, 3.63) is 24.3 Å². The van der Waals surface area contributed by atoms with Crippen LogP contribution in [-0.4, -0.2) is 12.3 Å². The van der Waals surface area contributed by atoms with E-state index in [4.69, 9.17) is 4.99 Å². The number of hydrogen-bond donors (Lipinski definition) is 0. The van der Waals surface area contributed by atoms with E-state index in [0.717, 1.165) is 19.3 Å². The van der Waals surface area contributed by atoms with E-state index in [1.165, 1.54) is 6.42 Å². The Labute approximate surface area is 107 Å². The van der Waals surface area contributed by atoms with Gasteiger partial charge in [-0.25, -0.2) is 0 Å². The Balaban J connectivity index is 2.75. The molecule has 0 saturated carbocycles. The maximum atomic E-state index is 4.80. The summed E-state index contributed by atoms with van der Waals surface area (Å²) >= 11 is 0. The van der Waals surface area contributed by atoms with Crippen LogP contribution in [0.2, 0.25) is 0 Å². The lowest BCUT2D eigenvalue weighted by Gasteiger charge is -2.26. The molecule has 0 fully saturated rings. The second-order valence-corrected chi connectivity index (χ2v) is 6.15. The van der Waals surface area contributed by atoms with Crippen molar-refractivity contribution in [2.45, 2.75) is 59.4 Å². The molecular formula is C16H27N. The Morgan fingerprint density at radius 1 is 0.941 bits per heavy atom. The lowest BCUT2D eigenvalue weighted by atomic mass is 9.85. The molecule has 17 heavy (non-hydrogen) atoms. The zero-order chi connectivity index (χ0) is 12.7. The average molecular weight is 233 g/mol. The first-order chi connectivity index (χ1) is 8.00. The third-order valence-corrected chi connectivity index (χ3v) is 3.22. The van der Waals surface area contributed by atoms with Crippen molar-refractivity contribution in [3.8, 4) is 0 Å². The Morgan fingerprint density at radius 2 is 1.53 bits per heavy atom. The van der Waals surface area contributed by atoms with Crippen LogP contribution in [0.15, 0.2) is 29.3 Å². The highest BCUT2D eigenvalue weighted by Gasteiger charge is 2.22. The van der Waals surface area contributed by atoms with E-state index in [0.29, 0.717) is 12.0 Å². The Bertz CT molecular complexity index is 291. The van der Waals surface area contributed by atoms with Crippen molar-refractivity contribution in [2.75, 3.05) is 0 Å². The van der Waals surface area contributed by atoms with Gasteiger partial charge in [-0.3, -0.25) is 4.99 Å². The molecule has 0 N–H and O–H groups in total. The fourth-order valence-electron chi connectivity index (χ4n) is 1.91. The molecule has 1 nitrogen and oxygen atoms in total. The second-order valence-electron chi connectivity index (χ2n) is 6.15. The van der Waals surface area contributed by atoms with Crippen molar-refractivity contribution in [1.82, 2.24) is 0 Å². The van der Waals surface area contributed by atoms with Crippen LogP contribution in [-0.2, 0) is 0 Å². The number of rotatable bonds is 0. The SMILES string of the molecule is CC1C=NC(C(C)(C)C)CC=CCCC=CC1. The van der Waals surface area contributed by atoms with Gasteiger partial charge in [-0.1, -0.05) is 52.0 Å². The molecule has 0 radical (unpaired) electrons. The Hall–Kier alpha value is -0.850. The number of hydrogen-bond acceptors (Lipinski definition) is 1. The lowest BCUT2D eigenvalue weighted by molar-refractivity contribution is 0.324. The lowest BCUT2D eigenvalue weighted by Crippen LogP contribution is -2.24. The van der Waals surface area contributed by atoms with Gasteiger partial charge in [0, 0.05) is 6.21 Å². The highest BCUT2D eigenvalue weighted by molar-refractivity contribution is 5.60. The van der Waals surface area contributed by atoms with Gasteiger partial charge in [-0.05, 0) is 37.0 Å². The highest BCUT2D eigenvalue weighted by atomic mass is 14.8. The molecular weight excluding hydrogens is 206 g/mol. The first kappa shape index (κ1) is 14.2. The smallest absolute Gasteiger partial charge is 0.0578 e. The quantitative estimate of drug-likeness (QED) is 0.533. The Kier molecular flexibility index (Phi) is 5.67. The summed E-state index contributed by atoms with van der Waals surface area (Å²) in [6, 6.07) is 0.407. The van der Waals surface area contributed by atoms with Crippen molar-refractivity contribution < 1.29 is 0 Å². The molecule has 2 atom stereocenters. The number of allylic oxidation sites excluding steroid dienone is 3. The molecule has 0 aliphatic carbocycles. The fraction of sp³-hybridized carbons (Fsp3) is 0.688. The van der Waals surface area contributed by atoms with Gasteiger partial charge in [0.1, 0.15) is 0 Å². The molecule has 96 valence electrons. The molecule has 0 bridgehead atoms. The average Bonchev–Trinajstić information content (AvgIpc) is 2.21. The highest BCUT2D eigenvalue weighted by Crippen LogP contribution is 2.25. The van der Waals surface area contributed by atoms with Crippen LogP contribution in [0.3, 0.4) is 0 Å². The zero-order valence-electron chi connectivity index (χ0n) is 11.8. The van der Waals surface area contributed by atoms with Gasteiger partial charge >= 0.3 is 0 Å². The van der Waals surface area contributed by atoms with E-state index in [9.17, 15) is 0 Å². The van der Waals surface area contributed by atoms with Crippen LogP contribution >= 0.6 is 0 Å². The standard InChI is InChI=1S/C16H27N/c1-14-11-9-7-5-6-8-10-12-15(17-13-14)16(2,3)4/h7-10,13-15H,5-6,11-12H2,1-4H3. The first-order valence-corrected chi connectivity index (χ1v) is 6.83. The van der Waals surface area contributed by atoms with E-state index in [-0.39, 0.29) is 5.41 Å². The molecule has 1 rings (SSSR count). The molecule has 0 aromatic rings. The predicted molar refractivity (Wildman–Crippen MR) is 77.6 cm³/mol. The topological polar surface area (TPSA) is 12.4 Å². The molecule has 0 spiro atoms. The monoisotopic (exact) mass is 233 g/mol. The van der Waals surface area contributed by atoms with Crippen molar-refractivity contribution in [2.24, 2.45) is 16.3 Å². The summed E-state index contributed by atoms with van der Waals surface area (Å²) < 4.78 is 0.